The molecule has 3 rings (SSSR count). The van der Waals surface area contributed by atoms with Gasteiger partial charge < -0.3 is 74.3 Å². The topological polar surface area (TPSA) is 324 Å². The van der Waals surface area contributed by atoms with Gasteiger partial charge in [0.05, 0.1) is 18.8 Å². The number of nitrogens with zero attached hydrogens (tertiary/aromatic N) is 1. The van der Waals surface area contributed by atoms with E-state index in [9.17, 15) is 34.5 Å². The van der Waals surface area contributed by atoms with Gasteiger partial charge >= 0.3 is 6.09 Å². The van der Waals surface area contributed by atoms with Gasteiger partial charge in [0.2, 0.25) is 17.7 Å². The Kier molecular flexibility index (Phi) is 13.3. The molecule has 10 atom stereocenters. The number of carbonyl (C=O) groups is 4. The van der Waals surface area contributed by atoms with Crippen LogP contribution in [0.25, 0.3) is 0 Å². The Labute approximate surface area is 254 Å². The first-order valence-electron chi connectivity index (χ1n) is 14.7. The maximum absolute atomic E-state index is 13.0. The number of nitrogens with two attached hydrogens (primary N) is 4. The number of ether oxygens (including phenoxy) is 2. The Morgan fingerprint density at radius 2 is 1.80 bits per heavy atom. The molecule has 44 heavy (non-hydrogen) atoms. The second-order valence-corrected chi connectivity index (χ2v) is 11.2. The Hall–Kier alpha value is -3.33. The molecule has 0 aliphatic carbocycles. The van der Waals surface area contributed by atoms with E-state index in [-0.39, 0.29) is 37.3 Å². The molecule has 7 unspecified atom stereocenters. The van der Waals surface area contributed by atoms with Gasteiger partial charge in [-0.2, -0.15) is 0 Å². The molecule has 0 saturated carbocycles. The summed E-state index contributed by atoms with van der Waals surface area (Å²) < 4.78 is 10.8. The van der Waals surface area contributed by atoms with Crippen LogP contribution in [-0.4, -0.2) is 132 Å². The average Bonchev–Trinajstić information content (AvgIpc) is 3.40. The van der Waals surface area contributed by atoms with Gasteiger partial charge in [-0.05, 0) is 32.2 Å². The van der Waals surface area contributed by atoms with Gasteiger partial charge in [0.25, 0.3) is 0 Å². The van der Waals surface area contributed by atoms with E-state index in [0.717, 1.165) is 6.42 Å². The molecule has 19 heteroatoms. The summed E-state index contributed by atoms with van der Waals surface area (Å²) in [7, 11) is 0. The zero-order valence-electron chi connectivity index (χ0n) is 24.4. The van der Waals surface area contributed by atoms with Crippen molar-refractivity contribution in [2.45, 2.75) is 99.4 Å². The van der Waals surface area contributed by atoms with E-state index in [1.807, 2.05) is 0 Å². The largest absolute Gasteiger partial charge is 0.441 e. The van der Waals surface area contributed by atoms with Crippen LogP contribution >= 0.6 is 0 Å². The number of guanidine groups is 1. The van der Waals surface area contributed by atoms with E-state index >= 15 is 0 Å². The van der Waals surface area contributed by atoms with Gasteiger partial charge in [0, 0.05) is 38.0 Å². The Morgan fingerprint density at radius 3 is 2.43 bits per heavy atom. The predicted molar refractivity (Wildman–Crippen MR) is 154 cm³/mol. The van der Waals surface area contributed by atoms with Gasteiger partial charge in [-0.3, -0.25) is 14.4 Å². The molecule has 19 nitrogen and oxygen atoms in total. The van der Waals surface area contributed by atoms with E-state index < -0.39 is 79.3 Å². The summed E-state index contributed by atoms with van der Waals surface area (Å²) in [4.78, 5) is 52.9. The summed E-state index contributed by atoms with van der Waals surface area (Å²) in [6.45, 7) is 0.203. The molecule has 3 heterocycles. The van der Waals surface area contributed by atoms with Crippen molar-refractivity contribution in [1.82, 2.24) is 26.6 Å². The van der Waals surface area contributed by atoms with Crippen molar-refractivity contribution in [3.05, 3.63) is 0 Å². The van der Waals surface area contributed by atoms with E-state index in [2.05, 4.69) is 31.6 Å². The highest BCUT2D eigenvalue weighted by molar-refractivity contribution is 5.92. The molecule has 0 aromatic carbocycles. The van der Waals surface area contributed by atoms with E-state index in [1.165, 1.54) is 0 Å². The van der Waals surface area contributed by atoms with E-state index in [4.69, 9.17) is 32.4 Å². The molecule has 3 aliphatic heterocycles. The fourth-order valence-electron chi connectivity index (χ4n) is 5.31. The molecule has 0 aromatic heterocycles. The summed E-state index contributed by atoms with van der Waals surface area (Å²) >= 11 is 0. The fraction of sp³-hybridized carbons (Fsp3) is 0.800. The Bertz CT molecular complexity index is 1040. The SMILES string of the molecule is NCCCC(N)CC(=O)NCCCC(N)CC(=O)NC1C(NC2=N[C@@H]3C(=O)NC[C@@H](O)[C@H]3N2)OC(CO)C(OC(N)=O)C1O. The third-order valence-corrected chi connectivity index (χ3v) is 7.59. The molecule has 0 aromatic rings. The van der Waals surface area contributed by atoms with E-state index in [1.54, 1.807) is 0 Å². The fourth-order valence-corrected chi connectivity index (χ4v) is 5.31. The monoisotopic (exact) mass is 630 g/mol. The molecule has 16 N–H and O–H groups in total. The quantitative estimate of drug-likeness (QED) is 0.0749. The summed E-state index contributed by atoms with van der Waals surface area (Å²) in [6, 6.07) is -3.79. The minimum absolute atomic E-state index is 0.0296. The number of β-amino-alcohol motifs (C(OH)–C–C–N with tert-alkyl or cyclic N) is 1. The highest BCUT2D eigenvalue weighted by Crippen LogP contribution is 2.24. The van der Waals surface area contributed by atoms with Crippen LogP contribution in [0.4, 0.5) is 4.79 Å². The predicted octanol–water partition coefficient (Wildman–Crippen LogP) is -6.14. The molecule has 2 saturated heterocycles. The van der Waals surface area contributed by atoms with Crippen molar-refractivity contribution in [3.8, 4) is 0 Å². The van der Waals surface area contributed by atoms with Crippen LogP contribution in [0.15, 0.2) is 4.99 Å². The first-order chi connectivity index (χ1) is 20.9. The van der Waals surface area contributed by atoms with Crippen molar-refractivity contribution in [2.75, 3.05) is 26.2 Å². The van der Waals surface area contributed by atoms with Crippen LogP contribution in [0, 0.1) is 0 Å². The average molecular weight is 631 g/mol. The number of hydrogen-bond acceptors (Lipinski definition) is 15. The lowest BCUT2D eigenvalue weighted by molar-refractivity contribution is -0.198. The minimum Gasteiger partial charge on any atom is -0.441 e. The molecule has 4 amide bonds. The number of amides is 4. The maximum Gasteiger partial charge on any atom is 0.404 e. The first kappa shape index (κ1) is 35.2. The minimum atomic E-state index is -1.60. The van der Waals surface area contributed by atoms with Gasteiger partial charge in [-0.1, -0.05) is 0 Å². The smallest absolute Gasteiger partial charge is 0.404 e. The molecule has 2 fully saturated rings. The highest BCUT2D eigenvalue weighted by Gasteiger charge is 2.49. The van der Waals surface area contributed by atoms with Crippen molar-refractivity contribution in [1.29, 1.82) is 0 Å². The molecule has 3 aliphatic rings. The first-order valence-corrected chi connectivity index (χ1v) is 14.7. The van der Waals surface area contributed by atoms with Crippen LogP contribution in [0.2, 0.25) is 0 Å². The number of aliphatic imine (C=N–C) groups is 1. The van der Waals surface area contributed by atoms with Gasteiger partial charge in [0.1, 0.15) is 18.2 Å². The van der Waals surface area contributed by atoms with Gasteiger partial charge in [0.15, 0.2) is 24.3 Å². The number of rotatable bonds is 15. The normalized spacial score (nSPS) is 31.0. The van der Waals surface area contributed by atoms with Gasteiger partial charge in [-0.15, -0.1) is 0 Å². The van der Waals surface area contributed by atoms with Crippen molar-refractivity contribution < 1.29 is 44.0 Å². The summed E-state index contributed by atoms with van der Waals surface area (Å²) in [5.41, 5.74) is 22.6. The lowest BCUT2D eigenvalue weighted by atomic mass is 9.95. The lowest BCUT2D eigenvalue weighted by Gasteiger charge is -2.44. The molecular formula is C25H46N10O9. The second-order valence-electron chi connectivity index (χ2n) is 11.2. The van der Waals surface area contributed by atoms with Crippen LogP contribution in [-0.2, 0) is 23.9 Å². The number of fused-ring (bicyclic) bond motifs is 1. The van der Waals surface area contributed by atoms with Crippen LogP contribution in [0.3, 0.4) is 0 Å². The Morgan fingerprint density at radius 1 is 1.11 bits per heavy atom. The summed E-state index contributed by atoms with van der Waals surface area (Å²) in [5.74, 6) is -1.12. The summed E-state index contributed by atoms with van der Waals surface area (Å²) in [6.07, 6.45) is -5.37. The zero-order valence-corrected chi connectivity index (χ0v) is 24.4. The van der Waals surface area contributed by atoms with Crippen LogP contribution in [0.5, 0.6) is 0 Å². The Balaban J connectivity index is 1.57. The standard InChI is InChI=1S/C25H46N10O9/c26-5-1-3-11(27)7-15(38)30-6-2-4-12(28)8-16(39)32-19-20(40)21(44-24(29)42)14(10-36)43-23(19)35-25-33-17-13(37)9-31-22(41)18(17)34-25/h11-14,17-21,23,36-37,40H,1-10,26-28H2,(H2,29,42)(H,30,38)(H,31,41)(H,32,39)(H2,33,34,35)/t11?,12?,13-,14?,17-,18+,19?,20?,21?,23?/m1/s1. The lowest BCUT2D eigenvalue weighted by Crippen LogP contribution is -2.70. The number of nitrogens with one attached hydrogen (secondary N) is 5. The molecule has 0 radical (unpaired) electrons. The van der Waals surface area contributed by atoms with Crippen molar-refractivity contribution >= 4 is 29.8 Å². The van der Waals surface area contributed by atoms with E-state index in [0.29, 0.717) is 32.4 Å². The molecule has 0 spiro atoms. The van der Waals surface area contributed by atoms with Crippen molar-refractivity contribution in [3.63, 3.8) is 0 Å². The zero-order chi connectivity index (χ0) is 32.4. The number of aliphatic hydroxyl groups is 3. The number of hydrogen-bond donors (Lipinski definition) is 12. The molecule has 250 valence electrons. The highest BCUT2D eigenvalue weighted by atomic mass is 16.6. The number of carbonyl (C=O) groups excluding carboxylic acids is 4. The third kappa shape index (κ3) is 9.84. The summed E-state index contributed by atoms with van der Waals surface area (Å²) in [5, 5.41) is 44.9. The molecule has 0 bridgehead atoms. The third-order valence-electron chi connectivity index (χ3n) is 7.59. The van der Waals surface area contributed by atoms with Crippen molar-refractivity contribution in [2.24, 2.45) is 27.9 Å². The number of piperidine rings is 1. The number of aliphatic hydroxyl groups excluding tert-OH is 3. The maximum atomic E-state index is 13.0. The molecular weight excluding hydrogens is 584 g/mol. The second kappa shape index (κ2) is 16.7. The van der Waals surface area contributed by atoms with Gasteiger partial charge in [-0.25, -0.2) is 9.79 Å². The van der Waals surface area contributed by atoms with Crippen LogP contribution < -0.4 is 49.5 Å². The van der Waals surface area contributed by atoms with Crippen LogP contribution in [0.1, 0.15) is 38.5 Å². The number of primary amides is 1.